The normalized spacial score (nSPS) is 20.0. The van der Waals surface area contributed by atoms with Crippen LogP contribution in [0.2, 0.25) is 10.0 Å². The van der Waals surface area contributed by atoms with Gasteiger partial charge < -0.3 is 15.4 Å². The molecule has 1 amide bonds. The van der Waals surface area contributed by atoms with Crippen molar-refractivity contribution < 1.29 is 9.90 Å². The number of likely N-dealkylation sites (tertiary alicyclic amines) is 1. The first-order chi connectivity index (χ1) is 13.5. The Morgan fingerprint density at radius 3 is 2.89 bits per heavy atom. The molecule has 3 aromatic rings. The van der Waals surface area contributed by atoms with Crippen molar-refractivity contribution >= 4 is 40.1 Å². The summed E-state index contributed by atoms with van der Waals surface area (Å²) < 4.78 is 0. The van der Waals surface area contributed by atoms with Crippen molar-refractivity contribution in [2.75, 3.05) is 6.54 Å². The van der Waals surface area contributed by atoms with Gasteiger partial charge >= 0.3 is 0 Å². The number of aliphatic hydroxyl groups is 1. The molecule has 2 atom stereocenters. The highest BCUT2D eigenvalue weighted by Crippen LogP contribution is 2.26. The number of hydrogen-bond acceptors (Lipinski definition) is 4. The second-order valence-electron chi connectivity index (χ2n) is 6.93. The number of aromatic nitrogens is 2. The fourth-order valence-electron chi connectivity index (χ4n) is 3.59. The summed E-state index contributed by atoms with van der Waals surface area (Å²) in [5.74, 6) is 0.449. The number of amides is 1. The van der Waals surface area contributed by atoms with Crippen LogP contribution in [0.4, 0.5) is 0 Å². The predicted molar refractivity (Wildman–Crippen MR) is 109 cm³/mol. The van der Waals surface area contributed by atoms with E-state index in [9.17, 15) is 9.90 Å². The van der Waals surface area contributed by atoms with Crippen LogP contribution in [0.5, 0.6) is 0 Å². The largest absolute Gasteiger partial charge is 0.391 e. The zero-order valence-corrected chi connectivity index (χ0v) is 16.5. The average Bonchev–Trinajstić information content (AvgIpc) is 3.25. The first kappa shape index (κ1) is 19.2. The minimum atomic E-state index is -0.721. The lowest BCUT2D eigenvalue weighted by Crippen LogP contribution is -2.47. The quantitative estimate of drug-likeness (QED) is 0.594. The number of carbonyl (C=O) groups is 1. The number of fused-ring (bicyclic) bond motifs is 1. The topological polar surface area (TPSA) is 81.2 Å². The van der Waals surface area contributed by atoms with Gasteiger partial charge in [-0.3, -0.25) is 9.69 Å². The number of para-hydroxylation sites is 2. The number of nitrogens with one attached hydrogen (secondary N) is 2. The molecule has 8 heteroatoms. The maximum Gasteiger partial charge on any atom is 0.240 e. The Morgan fingerprint density at radius 2 is 2.11 bits per heavy atom. The highest BCUT2D eigenvalue weighted by atomic mass is 35.5. The minimum absolute atomic E-state index is 0.226. The van der Waals surface area contributed by atoms with E-state index in [4.69, 9.17) is 23.2 Å². The van der Waals surface area contributed by atoms with Crippen molar-refractivity contribution in [1.29, 1.82) is 0 Å². The van der Waals surface area contributed by atoms with E-state index in [1.54, 1.807) is 12.1 Å². The van der Waals surface area contributed by atoms with E-state index in [-0.39, 0.29) is 12.5 Å². The standard InChI is InChI=1S/C20H20Cl2N4O2/c21-13-6-5-12(14(22)9-13)11-26-8-7-17(27)19(26)20(28)23-10-18-24-15-3-1-2-4-16(15)25-18/h1-6,9,17,19,27H,7-8,10-11H2,(H,23,28)(H,24,25)/t17-,19-/m0/s1. The van der Waals surface area contributed by atoms with Gasteiger partial charge in [0, 0.05) is 23.1 Å². The monoisotopic (exact) mass is 418 g/mol. The number of H-pyrrole nitrogens is 1. The van der Waals surface area contributed by atoms with Crippen LogP contribution in [0.1, 0.15) is 17.8 Å². The Hall–Kier alpha value is -2.12. The van der Waals surface area contributed by atoms with Gasteiger partial charge in [0.05, 0.1) is 23.7 Å². The van der Waals surface area contributed by atoms with Crippen molar-refractivity contribution in [3.8, 4) is 0 Å². The highest BCUT2D eigenvalue weighted by molar-refractivity contribution is 6.35. The van der Waals surface area contributed by atoms with E-state index in [0.29, 0.717) is 35.4 Å². The minimum Gasteiger partial charge on any atom is -0.391 e. The number of nitrogens with zero attached hydrogens (tertiary/aromatic N) is 2. The first-order valence-electron chi connectivity index (χ1n) is 9.08. The molecule has 2 aromatic carbocycles. The third kappa shape index (κ3) is 4.00. The van der Waals surface area contributed by atoms with Crippen molar-refractivity contribution in [2.24, 2.45) is 0 Å². The molecule has 4 rings (SSSR count). The maximum absolute atomic E-state index is 12.8. The highest BCUT2D eigenvalue weighted by Gasteiger charge is 2.38. The SMILES string of the molecule is O=C(NCc1nc2ccccc2[nH]1)[C@@H]1[C@@H](O)CCN1Cc1ccc(Cl)cc1Cl. The molecule has 0 spiro atoms. The summed E-state index contributed by atoms with van der Waals surface area (Å²) in [5.41, 5.74) is 2.65. The van der Waals surface area contributed by atoms with Crippen molar-refractivity contribution in [1.82, 2.24) is 20.2 Å². The number of rotatable bonds is 5. The third-order valence-electron chi connectivity index (χ3n) is 5.00. The summed E-state index contributed by atoms with van der Waals surface area (Å²) in [6, 6.07) is 12.4. The molecule has 6 nitrogen and oxygen atoms in total. The molecule has 3 N–H and O–H groups in total. The van der Waals surface area contributed by atoms with Gasteiger partial charge in [0.1, 0.15) is 11.9 Å². The Bertz CT molecular complexity index is 974. The summed E-state index contributed by atoms with van der Waals surface area (Å²) in [4.78, 5) is 22.4. The molecule has 1 fully saturated rings. The second-order valence-corrected chi connectivity index (χ2v) is 7.77. The fourth-order valence-corrected chi connectivity index (χ4v) is 4.06. The lowest BCUT2D eigenvalue weighted by atomic mass is 10.1. The molecule has 1 aliphatic heterocycles. The van der Waals surface area contributed by atoms with Crippen LogP contribution in [0.3, 0.4) is 0 Å². The van der Waals surface area contributed by atoms with Crippen LogP contribution in [-0.2, 0) is 17.9 Å². The fraction of sp³-hybridized carbons (Fsp3) is 0.300. The number of hydrogen-bond donors (Lipinski definition) is 3. The van der Waals surface area contributed by atoms with Crippen LogP contribution in [-0.4, -0.2) is 44.6 Å². The van der Waals surface area contributed by atoms with E-state index < -0.39 is 12.1 Å². The molecule has 28 heavy (non-hydrogen) atoms. The summed E-state index contributed by atoms with van der Waals surface area (Å²) in [7, 11) is 0. The van der Waals surface area contributed by atoms with Gasteiger partial charge in [0.25, 0.3) is 0 Å². The van der Waals surface area contributed by atoms with Crippen LogP contribution in [0.15, 0.2) is 42.5 Å². The molecule has 1 saturated heterocycles. The van der Waals surface area contributed by atoms with E-state index in [0.717, 1.165) is 16.6 Å². The van der Waals surface area contributed by atoms with Crippen LogP contribution in [0.25, 0.3) is 11.0 Å². The molecule has 0 bridgehead atoms. The lowest BCUT2D eigenvalue weighted by molar-refractivity contribution is -0.128. The number of imidazole rings is 1. The molecule has 1 aliphatic rings. The van der Waals surface area contributed by atoms with Gasteiger partial charge in [-0.25, -0.2) is 4.98 Å². The Balaban J connectivity index is 1.43. The molecular formula is C20H20Cl2N4O2. The lowest BCUT2D eigenvalue weighted by Gasteiger charge is -2.25. The Labute approximate surface area is 172 Å². The molecule has 146 valence electrons. The molecule has 2 heterocycles. The van der Waals surface area contributed by atoms with Crippen LogP contribution in [0, 0.1) is 0 Å². The predicted octanol–water partition coefficient (Wildman–Crippen LogP) is 3.12. The van der Waals surface area contributed by atoms with Gasteiger partial charge in [0.2, 0.25) is 5.91 Å². The first-order valence-corrected chi connectivity index (χ1v) is 9.84. The van der Waals surface area contributed by atoms with Crippen molar-refractivity contribution in [2.45, 2.75) is 31.7 Å². The molecule has 1 aromatic heterocycles. The van der Waals surface area contributed by atoms with Gasteiger partial charge in [-0.05, 0) is 36.2 Å². The molecule has 0 saturated carbocycles. The second kappa shape index (κ2) is 8.09. The van der Waals surface area contributed by atoms with Crippen molar-refractivity contribution in [3.63, 3.8) is 0 Å². The Morgan fingerprint density at radius 1 is 1.29 bits per heavy atom. The van der Waals surface area contributed by atoms with Gasteiger partial charge in [-0.15, -0.1) is 0 Å². The number of carbonyl (C=O) groups excluding carboxylic acids is 1. The third-order valence-corrected chi connectivity index (χ3v) is 5.58. The molecular weight excluding hydrogens is 399 g/mol. The zero-order valence-electron chi connectivity index (χ0n) is 15.0. The number of aromatic amines is 1. The molecule has 0 unspecified atom stereocenters. The molecule has 0 radical (unpaired) electrons. The zero-order chi connectivity index (χ0) is 19.7. The maximum atomic E-state index is 12.8. The molecule has 0 aliphatic carbocycles. The summed E-state index contributed by atoms with van der Waals surface area (Å²) in [6.07, 6.45) is -0.185. The van der Waals surface area contributed by atoms with E-state index >= 15 is 0 Å². The summed E-state index contributed by atoms with van der Waals surface area (Å²) in [5, 5.41) is 14.4. The number of benzene rings is 2. The van der Waals surface area contributed by atoms with E-state index in [1.165, 1.54) is 0 Å². The summed E-state index contributed by atoms with van der Waals surface area (Å²) in [6.45, 7) is 1.35. The number of aliphatic hydroxyl groups excluding tert-OH is 1. The van der Waals surface area contributed by atoms with Crippen molar-refractivity contribution in [3.05, 3.63) is 63.9 Å². The summed E-state index contributed by atoms with van der Waals surface area (Å²) >= 11 is 12.2. The van der Waals surface area contributed by atoms with Gasteiger partial charge in [-0.1, -0.05) is 41.4 Å². The van der Waals surface area contributed by atoms with Gasteiger partial charge in [0.15, 0.2) is 0 Å². The van der Waals surface area contributed by atoms with E-state index in [1.807, 2.05) is 35.2 Å². The van der Waals surface area contributed by atoms with Gasteiger partial charge in [-0.2, -0.15) is 0 Å². The van der Waals surface area contributed by atoms with Crippen LogP contribution < -0.4 is 5.32 Å². The van der Waals surface area contributed by atoms with Crippen LogP contribution >= 0.6 is 23.2 Å². The Kier molecular flexibility index (Phi) is 5.55. The smallest absolute Gasteiger partial charge is 0.240 e. The number of halogens is 2. The average molecular weight is 419 g/mol. The van der Waals surface area contributed by atoms with E-state index in [2.05, 4.69) is 15.3 Å².